The van der Waals surface area contributed by atoms with E-state index in [1.807, 2.05) is 0 Å². The molecule has 1 heterocycles. The lowest BCUT2D eigenvalue weighted by Crippen LogP contribution is -2.39. The lowest BCUT2D eigenvalue weighted by Gasteiger charge is -2.35. The number of amides is 2. The van der Waals surface area contributed by atoms with Crippen LogP contribution in [-0.2, 0) is 9.53 Å². The number of nitrogens with zero attached hydrogens (tertiary/aromatic N) is 1. The molecule has 5 nitrogen and oxygen atoms in total. The molecular weight excluding hydrogens is 350 g/mol. The molecule has 1 saturated carbocycles. The summed E-state index contributed by atoms with van der Waals surface area (Å²) in [5, 5.41) is -0.195. The normalized spacial score (nSPS) is 21.3. The molecule has 6 heteroatoms. The zero-order valence-corrected chi connectivity index (χ0v) is 15.9. The van der Waals surface area contributed by atoms with Gasteiger partial charge in [-0.2, -0.15) is 0 Å². The fourth-order valence-electron chi connectivity index (χ4n) is 3.57. The van der Waals surface area contributed by atoms with E-state index in [0.717, 1.165) is 43.0 Å². The Morgan fingerprint density at radius 3 is 2.46 bits per heavy atom. The third-order valence-electron chi connectivity index (χ3n) is 5.10. The van der Waals surface area contributed by atoms with Crippen LogP contribution in [0.2, 0.25) is 0 Å². The number of benzene rings is 1. The van der Waals surface area contributed by atoms with Gasteiger partial charge in [0.25, 0.3) is 11.1 Å². The van der Waals surface area contributed by atoms with Gasteiger partial charge in [-0.25, -0.2) is 4.79 Å². The number of hydrogen-bond acceptors (Lipinski definition) is 5. The number of imide groups is 1. The van der Waals surface area contributed by atoms with Crippen LogP contribution >= 0.6 is 11.8 Å². The Morgan fingerprint density at radius 2 is 1.85 bits per heavy atom. The highest BCUT2D eigenvalue weighted by molar-refractivity contribution is 8.18. The standard InChI is InChI=1S/C20H23NO4S/c1-20(10-4-3-5-11-20)13-21-17(22)16(26-19(21)24)12-14-6-8-15(9-7-14)18(23)25-2/h6-9,12H,3-5,10-11,13H2,1-2H3. The van der Waals surface area contributed by atoms with E-state index in [1.165, 1.54) is 18.4 Å². The van der Waals surface area contributed by atoms with Crippen molar-refractivity contribution in [1.29, 1.82) is 0 Å². The largest absolute Gasteiger partial charge is 0.465 e. The van der Waals surface area contributed by atoms with E-state index in [0.29, 0.717) is 17.0 Å². The lowest BCUT2D eigenvalue weighted by molar-refractivity contribution is -0.124. The van der Waals surface area contributed by atoms with Crippen LogP contribution in [0.15, 0.2) is 29.2 Å². The Balaban J connectivity index is 1.73. The summed E-state index contributed by atoms with van der Waals surface area (Å²) in [6.45, 7) is 2.67. The summed E-state index contributed by atoms with van der Waals surface area (Å²) >= 11 is 0.986. The summed E-state index contributed by atoms with van der Waals surface area (Å²) in [6, 6.07) is 6.77. The van der Waals surface area contributed by atoms with Gasteiger partial charge in [0.05, 0.1) is 17.6 Å². The topological polar surface area (TPSA) is 63.7 Å². The number of carbonyl (C=O) groups is 3. The maximum Gasteiger partial charge on any atom is 0.337 e. The van der Waals surface area contributed by atoms with Crippen molar-refractivity contribution >= 4 is 35.0 Å². The van der Waals surface area contributed by atoms with Crippen LogP contribution in [0.25, 0.3) is 6.08 Å². The van der Waals surface area contributed by atoms with E-state index in [-0.39, 0.29) is 16.6 Å². The lowest BCUT2D eigenvalue weighted by atomic mass is 9.75. The van der Waals surface area contributed by atoms with Crippen molar-refractivity contribution < 1.29 is 19.1 Å². The first-order chi connectivity index (χ1) is 12.4. The first-order valence-electron chi connectivity index (χ1n) is 8.86. The first-order valence-corrected chi connectivity index (χ1v) is 9.67. The summed E-state index contributed by atoms with van der Waals surface area (Å²) in [4.78, 5) is 38.4. The van der Waals surface area contributed by atoms with Crippen LogP contribution in [0.5, 0.6) is 0 Å². The zero-order valence-electron chi connectivity index (χ0n) is 15.1. The van der Waals surface area contributed by atoms with Crippen molar-refractivity contribution in [3.05, 3.63) is 40.3 Å². The third-order valence-corrected chi connectivity index (χ3v) is 6.01. The maximum absolute atomic E-state index is 12.7. The van der Waals surface area contributed by atoms with Gasteiger partial charge in [-0.1, -0.05) is 38.3 Å². The fraction of sp³-hybridized carbons (Fsp3) is 0.450. The molecule has 0 N–H and O–H groups in total. The van der Waals surface area contributed by atoms with Crippen LogP contribution in [0, 0.1) is 5.41 Å². The van der Waals surface area contributed by atoms with E-state index in [2.05, 4.69) is 11.7 Å². The molecule has 0 bridgehead atoms. The molecule has 1 aromatic carbocycles. The average molecular weight is 373 g/mol. The van der Waals surface area contributed by atoms with Gasteiger partial charge >= 0.3 is 5.97 Å². The van der Waals surface area contributed by atoms with Gasteiger partial charge in [0.15, 0.2) is 0 Å². The van der Waals surface area contributed by atoms with Gasteiger partial charge in [0.2, 0.25) is 0 Å². The Hall–Kier alpha value is -2.08. The molecule has 3 rings (SSSR count). The highest BCUT2D eigenvalue weighted by Crippen LogP contribution is 2.40. The molecule has 1 aromatic rings. The second-order valence-electron chi connectivity index (χ2n) is 7.25. The number of methoxy groups -OCH3 is 1. The van der Waals surface area contributed by atoms with E-state index < -0.39 is 5.97 Å². The Bertz CT molecular complexity index is 748. The molecule has 138 valence electrons. The summed E-state index contributed by atoms with van der Waals surface area (Å²) in [5.74, 6) is -0.624. The fourth-order valence-corrected chi connectivity index (χ4v) is 4.40. The SMILES string of the molecule is COC(=O)c1ccc(C=C2SC(=O)N(CC3(C)CCCCC3)C2=O)cc1. The molecule has 0 spiro atoms. The number of carbonyl (C=O) groups excluding carboxylic acids is 3. The molecule has 2 aliphatic rings. The van der Waals surface area contributed by atoms with Crippen LogP contribution in [0.4, 0.5) is 4.79 Å². The molecule has 0 atom stereocenters. The van der Waals surface area contributed by atoms with Gasteiger partial charge < -0.3 is 4.74 Å². The molecule has 2 fully saturated rings. The summed E-state index contributed by atoms with van der Waals surface area (Å²) in [7, 11) is 1.33. The molecule has 1 saturated heterocycles. The molecule has 26 heavy (non-hydrogen) atoms. The predicted octanol–water partition coefficient (Wildman–Crippen LogP) is 4.48. The zero-order chi connectivity index (χ0) is 18.7. The molecular formula is C20H23NO4S. The molecule has 0 unspecified atom stereocenters. The molecule has 0 radical (unpaired) electrons. The smallest absolute Gasteiger partial charge is 0.337 e. The van der Waals surface area contributed by atoms with Crippen LogP contribution in [0.1, 0.15) is 54.9 Å². The number of rotatable bonds is 4. The number of esters is 1. The molecule has 2 amide bonds. The first kappa shape index (κ1) is 18.7. The Kier molecular flexibility index (Phi) is 5.51. The monoisotopic (exact) mass is 373 g/mol. The van der Waals surface area contributed by atoms with E-state index in [9.17, 15) is 14.4 Å². The number of thioether (sulfide) groups is 1. The van der Waals surface area contributed by atoms with Gasteiger partial charge in [-0.15, -0.1) is 0 Å². The molecule has 1 aliphatic carbocycles. The predicted molar refractivity (Wildman–Crippen MR) is 102 cm³/mol. The summed E-state index contributed by atoms with van der Waals surface area (Å²) < 4.78 is 4.67. The van der Waals surface area contributed by atoms with Crippen molar-refractivity contribution in [2.75, 3.05) is 13.7 Å². The van der Waals surface area contributed by atoms with Crippen LogP contribution in [-0.4, -0.2) is 35.7 Å². The molecule has 0 aromatic heterocycles. The van der Waals surface area contributed by atoms with E-state index >= 15 is 0 Å². The second-order valence-corrected chi connectivity index (χ2v) is 8.25. The van der Waals surface area contributed by atoms with Gasteiger partial charge in [0.1, 0.15) is 0 Å². The van der Waals surface area contributed by atoms with Crippen molar-refractivity contribution in [1.82, 2.24) is 4.90 Å². The Morgan fingerprint density at radius 1 is 1.19 bits per heavy atom. The Labute approximate surface area is 157 Å². The van der Waals surface area contributed by atoms with Crippen molar-refractivity contribution in [2.45, 2.75) is 39.0 Å². The van der Waals surface area contributed by atoms with Crippen molar-refractivity contribution in [3.63, 3.8) is 0 Å². The van der Waals surface area contributed by atoms with Crippen molar-refractivity contribution in [2.24, 2.45) is 5.41 Å². The van der Waals surface area contributed by atoms with Crippen LogP contribution in [0.3, 0.4) is 0 Å². The van der Waals surface area contributed by atoms with Gasteiger partial charge in [0, 0.05) is 6.54 Å². The minimum atomic E-state index is -0.405. The number of hydrogen-bond donors (Lipinski definition) is 0. The van der Waals surface area contributed by atoms with Gasteiger partial charge in [-0.3, -0.25) is 14.5 Å². The van der Waals surface area contributed by atoms with E-state index in [4.69, 9.17) is 0 Å². The van der Waals surface area contributed by atoms with Gasteiger partial charge in [-0.05, 0) is 53.8 Å². The molecule has 1 aliphatic heterocycles. The highest BCUT2D eigenvalue weighted by atomic mass is 32.2. The van der Waals surface area contributed by atoms with Crippen LogP contribution < -0.4 is 0 Å². The minimum Gasteiger partial charge on any atom is -0.465 e. The minimum absolute atomic E-state index is 0.0295. The number of ether oxygens (including phenoxy) is 1. The summed E-state index contributed by atoms with van der Waals surface area (Å²) in [6.07, 6.45) is 7.38. The second kappa shape index (κ2) is 7.66. The third kappa shape index (κ3) is 4.01. The highest BCUT2D eigenvalue weighted by Gasteiger charge is 2.40. The maximum atomic E-state index is 12.7. The summed E-state index contributed by atoms with van der Waals surface area (Å²) in [5.41, 5.74) is 1.25. The quantitative estimate of drug-likeness (QED) is 0.575. The van der Waals surface area contributed by atoms with Crippen molar-refractivity contribution in [3.8, 4) is 0 Å². The van der Waals surface area contributed by atoms with E-state index in [1.54, 1.807) is 30.3 Å². The average Bonchev–Trinajstić information content (AvgIpc) is 2.89.